The number of aromatic nitrogens is 3. The van der Waals surface area contributed by atoms with Crippen molar-refractivity contribution in [2.75, 3.05) is 5.32 Å². The molecule has 7 heteroatoms. The number of ketones is 1. The number of carbonyl (C=O) groups is 2. The Bertz CT molecular complexity index is 989. The molecule has 4 rings (SSSR count). The van der Waals surface area contributed by atoms with Crippen LogP contribution in [0, 0.1) is 12.8 Å². The molecule has 1 aliphatic heterocycles. The van der Waals surface area contributed by atoms with E-state index in [1.165, 1.54) is 0 Å². The Kier molecular flexibility index (Phi) is 4.58. The van der Waals surface area contributed by atoms with Crippen LogP contribution in [0.3, 0.4) is 0 Å². The number of amides is 1. The minimum absolute atomic E-state index is 0.0959. The van der Waals surface area contributed by atoms with Crippen LogP contribution in [0.25, 0.3) is 0 Å². The van der Waals surface area contributed by atoms with Gasteiger partial charge in [-0.15, -0.1) is 0 Å². The van der Waals surface area contributed by atoms with Crippen molar-refractivity contribution < 1.29 is 14.6 Å². The van der Waals surface area contributed by atoms with Crippen LogP contribution in [-0.2, 0) is 16.6 Å². The average Bonchev–Trinajstić information content (AvgIpc) is 2.99. The van der Waals surface area contributed by atoms with Gasteiger partial charge in [-0.1, -0.05) is 12.6 Å². The number of aromatic amines is 1. The van der Waals surface area contributed by atoms with Crippen LogP contribution in [-0.4, -0.2) is 21.5 Å². The monoisotopic (exact) mass is 378 g/mol. The zero-order valence-corrected chi connectivity index (χ0v) is 16.1. The molecule has 0 aromatic carbocycles. The molecule has 1 aliphatic carbocycles. The fourth-order valence-corrected chi connectivity index (χ4v) is 4.24. The van der Waals surface area contributed by atoms with Crippen molar-refractivity contribution >= 4 is 17.5 Å². The Balaban J connectivity index is 1.80. The van der Waals surface area contributed by atoms with Crippen LogP contribution in [0.4, 0.5) is 5.82 Å². The Labute approximate surface area is 163 Å². The zero-order valence-electron chi connectivity index (χ0n) is 16.1. The van der Waals surface area contributed by atoms with Gasteiger partial charge in [-0.3, -0.25) is 9.48 Å². The standard InChI is InChI=1S/C21H23N5O2/c1-12-14(11-26(3)25-12)19-18(21(28)24-17-9-4-5-10-22-17)13(2)23-15-7-6-8-16(27)20(15)19/h4-5,9-11,18-19,23H,2,6-8H2,1,3H3,(H,22,24,28)/p+1. The summed E-state index contributed by atoms with van der Waals surface area (Å²) in [6.07, 6.45) is 5.75. The van der Waals surface area contributed by atoms with Crippen LogP contribution in [0.15, 0.2) is 54.1 Å². The van der Waals surface area contributed by atoms with E-state index in [0.717, 1.165) is 29.8 Å². The van der Waals surface area contributed by atoms with E-state index in [0.29, 0.717) is 23.5 Å². The normalized spacial score (nSPS) is 21.9. The zero-order chi connectivity index (χ0) is 19.8. The number of aryl methyl sites for hydroxylation is 2. The van der Waals surface area contributed by atoms with E-state index in [-0.39, 0.29) is 11.7 Å². The first-order chi connectivity index (χ1) is 13.5. The Morgan fingerprint density at radius 1 is 1.39 bits per heavy atom. The highest BCUT2D eigenvalue weighted by Crippen LogP contribution is 2.44. The number of anilines is 1. The molecule has 144 valence electrons. The second-order valence-electron chi connectivity index (χ2n) is 7.38. The van der Waals surface area contributed by atoms with Gasteiger partial charge < -0.3 is 5.32 Å². The van der Waals surface area contributed by atoms with Gasteiger partial charge in [-0.25, -0.2) is 15.1 Å². The largest absolute Gasteiger partial charge is 0.362 e. The van der Waals surface area contributed by atoms with Gasteiger partial charge in [0, 0.05) is 54.2 Å². The van der Waals surface area contributed by atoms with Crippen molar-refractivity contribution in [3.63, 3.8) is 0 Å². The summed E-state index contributed by atoms with van der Waals surface area (Å²) in [5, 5.41) is 10.6. The van der Waals surface area contributed by atoms with Crippen molar-refractivity contribution in [1.82, 2.24) is 15.1 Å². The highest BCUT2D eigenvalue weighted by Gasteiger charge is 2.45. The summed E-state index contributed by atoms with van der Waals surface area (Å²) in [5.74, 6) is -0.528. The molecule has 0 fully saturated rings. The minimum Gasteiger partial charge on any atom is -0.362 e. The van der Waals surface area contributed by atoms with E-state index in [4.69, 9.17) is 0 Å². The highest BCUT2D eigenvalue weighted by molar-refractivity contribution is 6.02. The third-order valence-electron chi connectivity index (χ3n) is 5.42. The van der Waals surface area contributed by atoms with Crippen LogP contribution in [0.2, 0.25) is 0 Å². The van der Waals surface area contributed by atoms with Crippen molar-refractivity contribution in [2.24, 2.45) is 13.0 Å². The quantitative estimate of drug-likeness (QED) is 0.855. The molecule has 3 N–H and O–H groups in total. The molecule has 3 heterocycles. The lowest BCUT2D eigenvalue weighted by molar-refractivity contribution is -0.360. The summed E-state index contributed by atoms with van der Waals surface area (Å²) in [7, 11) is 1.85. The maximum atomic E-state index is 13.3. The molecular formula is C21H24N5O2+. The molecule has 1 amide bonds. The van der Waals surface area contributed by atoms with Gasteiger partial charge in [0.1, 0.15) is 5.92 Å². The summed E-state index contributed by atoms with van der Waals surface area (Å²) >= 11 is 0. The van der Waals surface area contributed by atoms with E-state index < -0.39 is 11.8 Å². The molecule has 2 atom stereocenters. The maximum Gasteiger partial charge on any atom is 0.317 e. The van der Waals surface area contributed by atoms with E-state index >= 15 is 0 Å². The second kappa shape index (κ2) is 7.07. The van der Waals surface area contributed by atoms with Gasteiger partial charge in [-0.2, -0.15) is 5.10 Å². The Morgan fingerprint density at radius 3 is 2.89 bits per heavy atom. The first kappa shape index (κ1) is 18.2. The van der Waals surface area contributed by atoms with Gasteiger partial charge >= 0.3 is 5.91 Å². The van der Waals surface area contributed by atoms with E-state index in [9.17, 15) is 9.59 Å². The summed E-state index contributed by atoms with van der Waals surface area (Å²) in [5.41, 5.74) is 3.91. The highest BCUT2D eigenvalue weighted by atomic mass is 16.2. The molecule has 2 unspecified atom stereocenters. The fourth-order valence-electron chi connectivity index (χ4n) is 4.24. The van der Waals surface area contributed by atoms with E-state index in [2.05, 4.69) is 27.3 Å². The van der Waals surface area contributed by atoms with Gasteiger partial charge in [0.25, 0.3) is 5.82 Å². The van der Waals surface area contributed by atoms with Crippen LogP contribution < -0.4 is 15.6 Å². The molecular weight excluding hydrogens is 354 g/mol. The number of allylic oxidation sites excluding steroid dienone is 2. The predicted octanol–water partition coefficient (Wildman–Crippen LogP) is 2.01. The molecule has 0 spiro atoms. The van der Waals surface area contributed by atoms with Crippen LogP contribution in [0.5, 0.6) is 0 Å². The van der Waals surface area contributed by atoms with Gasteiger partial charge in [-0.05, 0) is 25.8 Å². The number of nitrogens with one attached hydrogen (secondary N) is 3. The molecule has 2 aliphatic rings. The number of hydrogen-bond donors (Lipinski definition) is 2. The van der Waals surface area contributed by atoms with Crippen molar-refractivity contribution in [2.45, 2.75) is 32.1 Å². The van der Waals surface area contributed by atoms with Gasteiger partial charge in [0.15, 0.2) is 5.78 Å². The summed E-state index contributed by atoms with van der Waals surface area (Å²) in [4.78, 5) is 29.1. The number of rotatable bonds is 3. The molecule has 0 radical (unpaired) electrons. The molecule has 7 nitrogen and oxygen atoms in total. The third kappa shape index (κ3) is 3.13. The molecule has 0 saturated carbocycles. The second-order valence-corrected chi connectivity index (χ2v) is 7.38. The molecule has 0 bridgehead atoms. The van der Waals surface area contributed by atoms with Crippen molar-refractivity contribution in [3.8, 4) is 0 Å². The first-order valence-electron chi connectivity index (χ1n) is 9.45. The Morgan fingerprint density at radius 2 is 2.21 bits per heavy atom. The number of Topliss-reactive ketones (excluding diaryl/α,β-unsaturated/α-hetero) is 1. The predicted molar refractivity (Wildman–Crippen MR) is 104 cm³/mol. The summed E-state index contributed by atoms with van der Waals surface area (Å²) < 4.78 is 1.73. The van der Waals surface area contributed by atoms with Crippen molar-refractivity contribution in [3.05, 3.63) is 65.4 Å². The summed E-state index contributed by atoms with van der Waals surface area (Å²) in [6, 6.07) is 5.47. The molecule has 0 saturated heterocycles. The summed E-state index contributed by atoms with van der Waals surface area (Å²) in [6.45, 7) is 6.04. The van der Waals surface area contributed by atoms with Crippen molar-refractivity contribution in [1.29, 1.82) is 0 Å². The van der Waals surface area contributed by atoms with E-state index in [1.807, 2.05) is 32.3 Å². The van der Waals surface area contributed by atoms with Gasteiger partial charge in [0.05, 0.1) is 11.9 Å². The number of hydrogen-bond acceptors (Lipinski definition) is 4. The average molecular weight is 378 g/mol. The smallest absolute Gasteiger partial charge is 0.317 e. The number of carbonyl (C=O) groups excluding carboxylic acids is 2. The van der Waals surface area contributed by atoms with Gasteiger partial charge in [0.2, 0.25) is 0 Å². The maximum absolute atomic E-state index is 13.3. The molecule has 2 aromatic heterocycles. The van der Waals surface area contributed by atoms with Crippen LogP contribution in [0.1, 0.15) is 36.4 Å². The van der Waals surface area contributed by atoms with Crippen LogP contribution >= 0.6 is 0 Å². The van der Waals surface area contributed by atoms with E-state index in [1.54, 1.807) is 16.9 Å². The number of pyridine rings is 1. The molecule has 2 aromatic rings. The topological polar surface area (TPSA) is 90.2 Å². The Hall–Kier alpha value is -3.22. The lowest BCUT2D eigenvalue weighted by atomic mass is 9.71. The fraction of sp³-hybridized carbons (Fsp3) is 0.333. The third-order valence-corrected chi connectivity index (χ3v) is 5.42. The first-order valence-corrected chi connectivity index (χ1v) is 9.45. The lowest BCUT2D eigenvalue weighted by Gasteiger charge is -2.37. The SMILES string of the molecule is C=C1NC2=C(C(=O)CCC2)C(c2cn(C)nc2C)C1C(=O)Nc1cccc[nH+]1. The number of nitrogens with zero attached hydrogens (tertiary/aromatic N) is 2. The minimum atomic E-state index is -0.614. The lowest BCUT2D eigenvalue weighted by Crippen LogP contribution is -2.43. The number of H-pyrrole nitrogens is 1. The molecule has 28 heavy (non-hydrogen) atoms.